The van der Waals surface area contributed by atoms with Crippen LogP contribution in [0.2, 0.25) is 0 Å². The third-order valence-electron chi connectivity index (χ3n) is 2.72. The summed E-state index contributed by atoms with van der Waals surface area (Å²) < 4.78 is 0. The summed E-state index contributed by atoms with van der Waals surface area (Å²) in [4.78, 5) is 0. The first-order chi connectivity index (χ1) is 8.47. The number of rotatable bonds is 9. The van der Waals surface area contributed by atoms with Crippen molar-refractivity contribution in [2.75, 3.05) is 0 Å². The zero-order valence-electron chi connectivity index (χ0n) is 12.3. The minimum atomic E-state index is 0.0439. The van der Waals surface area contributed by atoms with Crippen molar-refractivity contribution in [3.63, 3.8) is 0 Å². The van der Waals surface area contributed by atoms with Crippen LogP contribution in [0.25, 0.3) is 0 Å². The molecule has 0 saturated heterocycles. The van der Waals surface area contributed by atoms with Gasteiger partial charge in [0.05, 0.1) is 0 Å². The Balaban J connectivity index is 0. The van der Waals surface area contributed by atoms with E-state index in [9.17, 15) is 0 Å². The zero-order chi connectivity index (χ0) is 14.3. The fraction of sp³-hybridized carbons (Fsp3) is 0.929. The van der Waals surface area contributed by atoms with Crippen LogP contribution < -0.4 is 5.73 Å². The van der Waals surface area contributed by atoms with E-state index < -0.39 is 0 Å². The summed E-state index contributed by atoms with van der Waals surface area (Å²) in [5.74, 6) is 1.72. The second-order valence-corrected chi connectivity index (χ2v) is 5.91. The Morgan fingerprint density at radius 3 is 1.78 bits per heavy atom. The van der Waals surface area contributed by atoms with Gasteiger partial charge in [-0.3, -0.25) is 0 Å². The van der Waals surface area contributed by atoms with Gasteiger partial charge in [0.1, 0.15) is 0 Å². The van der Waals surface area contributed by atoms with Crippen LogP contribution >= 0.6 is 15.8 Å². The highest BCUT2D eigenvalue weighted by Crippen LogP contribution is 2.13. The lowest BCUT2D eigenvalue weighted by molar-refractivity contribution is 0.440. The van der Waals surface area contributed by atoms with Crippen LogP contribution in [0.3, 0.4) is 0 Å². The molecule has 0 bridgehead atoms. The number of hydrogen-bond acceptors (Lipinski definition) is 2. The highest BCUT2D eigenvalue weighted by Gasteiger charge is 2.08. The fourth-order valence-corrected chi connectivity index (χ4v) is 1.71. The average molecular weight is 316 g/mol. The standard InChI is InChI=1S/C13H29N.CBBrN/c1-4-5-6-7-8-9-10-11-12-13(2,3)14;3-2-1-4/h4-12,14H2,1-3H3;. The second-order valence-electron chi connectivity index (χ2n) is 5.45. The van der Waals surface area contributed by atoms with Crippen molar-refractivity contribution in [2.45, 2.75) is 84.1 Å². The van der Waals surface area contributed by atoms with E-state index >= 15 is 0 Å². The molecule has 0 aliphatic heterocycles. The van der Waals surface area contributed by atoms with Crippen molar-refractivity contribution >= 4 is 21.9 Å². The Morgan fingerprint density at radius 2 is 1.44 bits per heavy atom. The first-order valence-electron chi connectivity index (χ1n) is 7.08. The summed E-state index contributed by atoms with van der Waals surface area (Å²) in [5.41, 5.74) is 5.96. The lowest BCUT2D eigenvalue weighted by Gasteiger charge is -2.17. The molecule has 2 nitrogen and oxygen atoms in total. The van der Waals surface area contributed by atoms with E-state index in [0.29, 0.717) is 0 Å². The summed E-state index contributed by atoms with van der Waals surface area (Å²) in [7, 11) is 0. The van der Waals surface area contributed by atoms with Crippen LogP contribution in [0.1, 0.15) is 78.6 Å². The van der Waals surface area contributed by atoms with Crippen molar-refractivity contribution in [3.8, 4) is 5.97 Å². The fourth-order valence-electron chi connectivity index (χ4n) is 1.71. The van der Waals surface area contributed by atoms with Gasteiger partial charge in [0.25, 0.3) is 0 Å². The number of nitrogens with zero attached hydrogens (tertiary/aromatic N) is 1. The van der Waals surface area contributed by atoms with Crippen molar-refractivity contribution in [1.82, 2.24) is 0 Å². The van der Waals surface area contributed by atoms with E-state index in [0.717, 1.165) is 0 Å². The molecule has 105 valence electrons. The number of nitriles is 1. The van der Waals surface area contributed by atoms with Crippen molar-refractivity contribution < 1.29 is 0 Å². The molecule has 4 heteroatoms. The van der Waals surface area contributed by atoms with Gasteiger partial charge in [0.15, 0.2) is 0 Å². The molecule has 0 aromatic carbocycles. The van der Waals surface area contributed by atoms with Gasteiger partial charge in [-0.1, -0.05) is 58.3 Å². The minimum Gasteiger partial charge on any atom is -0.326 e. The van der Waals surface area contributed by atoms with E-state index in [4.69, 9.17) is 11.0 Å². The molecule has 0 heterocycles. The van der Waals surface area contributed by atoms with Gasteiger partial charge in [-0.05, 0) is 20.3 Å². The molecule has 0 spiro atoms. The number of hydrogen-bond donors (Lipinski definition) is 1. The van der Waals surface area contributed by atoms with E-state index in [1.165, 1.54) is 63.9 Å². The van der Waals surface area contributed by atoms with Crippen LogP contribution in [-0.2, 0) is 0 Å². The van der Waals surface area contributed by atoms with Gasteiger partial charge in [-0.15, -0.1) is 15.8 Å². The van der Waals surface area contributed by atoms with Gasteiger partial charge in [-0.25, -0.2) is 5.26 Å². The normalized spacial score (nSPS) is 10.2. The molecule has 0 unspecified atom stereocenters. The van der Waals surface area contributed by atoms with Crippen molar-refractivity contribution in [2.24, 2.45) is 5.73 Å². The highest BCUT2D eigenvalue weighted by molar-refractivity contribution is 9.23. The number of unbranched alkanes of at least 4 members (excludes halogenated alkanes) is 7. The lowest BCUT2D eigenvalue weighted by Crippen LogP contribution is -2.31. The van der Waals surface area contributed by atoms with E-state index in [1.807, 2.05) is 0 Å². The molecule has 0 amide bonds. The minimum absolute atomic E-state index is 0.0439. The maximum Gasteiger partial charge on any atom is 0.342 e. The number of halogens is 1. The Bertz CT molecular complexity index is 197. The number of nitrogens with two attached hydrogens (primary N) is 1. The molecule has 0 aromatic heterocycles. The predicted octanol–water partition coefficient (Wildman–Crippen LogP) is 4.74. The first-order valence-corrected chi connectivity index (χ1v) is 8.00. The summed E-state index contributed by atoms with van der Waals surface area (Å²) in [5, 5.41) is 7.52. The molecule has 0 aromatic rings. The summed E-state index contributed by atoms with van der Waals surface area (Å²) in [6.07, 6.45) is 13.5. The molecular weight excluding hydrogens is 287 g/mol. The first kappa shape index (κ1) is 20.3. The van der Waals surface area contributed by atoms with Crippen LogP contribution in [0, 0.1) is 11.2 Å². The quantitative estimate of drug-likeness (QED) is 0.493. The lowest BCUT2D eigenvalue weighted by atomic mass is 9.97. The molecule has 2 N–H and O–H groups in total. The van der Waals surface area contributed by atoms with Gasteiger partial charge < -0.3 is 5.73 Å². The molecule has 0 aliphatic rings. The molecule has 0 saturated carbocycles. The van der Waals surface area contributed by atoms with E-state index in [2.05, 4.69) is 36.5 Å². The van der Waals surface area contributed by atoms with Gasteiger partial charge in [-0.2, -0.15) is 0 Å². The maximum absolute atomic E-state index is 7.52. The van der Waals surface area contributed by atoms with Crippen LogP contribution in [0.5, 0.6) is 0 Å². The summed E-state index contributed by atoms with van der Waals surface area (Å²) >= 11 is 2.76. The third kappa shape index (κ3) is 25.0. The van der Waals surface area contributed by atoms with Crippen molar-refractivity contribution in [3.05, 3.63) is 0 Å². The molecule has 1 radical (unpaired) electrons. The Morgan fingerprint density at radius 1 is 1.06 bits per heavy atom. The molecule has 0 rings (SSSR count). The molecule has 0 fully saturated rings. The summed E-state index contributed by atoms with van der Waals surface area (Å²) in [6.45, 7) is 6.51. The van der Waals surface area contributed by atoms with Crippen LogP contribution in [0.4, 0.5) is 0 Å². The zero-order valence-corrected chi connectivity index (χ0v) is 13.9. The Hall–Kier alpha value is -0.00506. The van der Waals surface area contributed by atoms with E-state index in [1.54, 1.807) is 5.97 Å². The monoisotopic (exact) mass is 315 g/mol. The van der Waals surface area contributed by atoms with Gasteiger partial charge in [0, 0.05) is 11.5 Å². The van der Waals surface area contributed by atoms with E-state index in [-0.39, 0.29) is 5.54 Å². The molecular formula is C14H29BBrN2. The smallest absolute Gasteiger partial charge is 0.326 e. The largest absolute Gasteiger partial charge is 0.342 e. The van der Waals surface area contributed by atoms with Crippen LogP contribution in [-0.4, -0.2) is 11.6 Å². The SMILES string of the molecule is CCCCCCCCCCC(C)(C)N.N#C[B]Br. The summed E-state index contributed by atoms with van der Waals surface area (Å²) in [6, 6.07) is 0. The Kier molecular flexibility index (Phi) is 17.0. The maximum atomic E-state index is 7.52. The average Bonchev–Trinajstić information content (AvgIpc) is 2.31. The Labute approximate surface area is 123 Å². The topological polar surface area (TPSA) is 49.8 Å². The molecule has 18 heavy (non-hydrogen) atoms. The van der Waals surface area contributed by atoms with Gasteiger partial charge >= 0.3 is 6.10 Å². The predicted molar refractivity (Wildman–Crippen MR) is 85.8 cm³/mol. The van der Waals surface area contributed by atoms with Crippen LogP contribution in [0.15, 0.2) is 0 Å². The molecule has 0 aliphatic carbocycles. The van der Waals surface area contributed by atoms with Crippen molar-refractivity contribution in [1.29, 1.82) is 5.26 Å². The third-order valence-corrected chi connectivity index (χ3v) is 2.93. The molecule has 0 atom stereocenters. The van der Waals surface area contributed by atoms with Gasteiger partial charge in [0.2, 0.25) is 0 Å². The second kappa shape index (κ2) is 15.1. The highest BCUT2D eigenvalue weighted by atomic mass is 79.9.